The highest BCUT2D eigenvalue weighted by Gasteiger charge is 2.28. The molecule has 0 aliphatic heterocycles. The van der Waals surface area contributed by atoms with Gasteiger partial charge >= 0.3 is 0 Å². The smallest absolute Gasteiger partial charge is 0.166 e. The van der Waals surface area contributed by atoms with E-state index in [1.165, 1.54) is 54.3 Å². The molecule has 5 heteroatoms. The molecule has 4 nitrogen and oxygen atoms in total. The fourth-order valence-electron chi connectivity index (χ4n) is 6.21. The number of rotatable bonds is 8. The molecule has 0 saturated carbocycles. The molecule has 0 aliphatic rings. The van der Waals surface area contributed by atoms with Gasteiger partial charge in [0.15, 0.2) is 12.6 Å². The van der Waals surface area contributed by atoms with Crippen LogP contribution in [-0.4, -0.2) is 22.5 Å². The van der Waals surface area contributed by atoms with E-state index < -0.39 is 0 Å². The number of aromatic nitrogens is 2. The predicted molar refractivity (Wildman–Crippen MR) is 160 cm³/mol. The molecule has 0 amide bonds. The second-order valence-corrected chi connectivity index (χ2v) is 11.9. The van der Waals surface area contributed by atoms with Crippen molar-refractivity contribution in [2.24, 2.45) is 0 Å². The van der Waals surface area contributed by atoms with Gasteiger partial charge in [-0.2, -0.15) is 0 Å². The Balaban J connectivity index is 1.71. The minimum Gasteiger partial charge on any atom is -0.355 e. The van der Waals surface area contributed by atoms with Gasteiger partial charge in [0.1, 0.15) is 0 Å². The standard InChI is InChI=1S/C34H34N2O2S/c1-19-13-21(3)31(22(4)14-19)33(27-9-7-25(17-37)35-27)29-11-12-30(39-29)34(28-10-8-26(18-38)36-28)32-23(5)15-20(2)16-24(32)6/h7-18,33-36H,1-6H3. The lowest BCUT2D eigenvalue weighted by Crippen LogP contribution is -2.08. The van der Waals surface area contributed by atoms with Crippen molar-refractivity contribution in [3.8, 4) is 0 Å². The number of H-pyrrole nitrogens is 2. The highest BCUT2D eigenvalue weighted by Crippen LogP contribution is 2.44. The summed E-state index contributed by atoms with van der Waals surface area (Å²) in [6, 6.07) is 21.1. The number of thiophene rings is 1. The van der Waals surface area contributed by atoms with Crippen LogP contribution in [0.4, 0.5) is 0 Å². The average Bonchev–Trinajstić information content (AvgIpc) is 3.64. The minimum atomic E-state index is -0.0342. The maximum Gasteiger partial charge on any atom is 0.166 e. The van der Waals surface area contributed by atoms with E-state index in [-0.39, 0.29) is 11.8 Å². The molecule has 2 N–H and O–H groups in total. The molecule has 0 saturated heterocycles. The molecule has 0 aliphatic carbocycles. The van der Waals surface area contributed by atoms with Crippen molar-refractivity contribution < 1.29 is 9.59 Å². The number of hydrogen-bond acceptors (Lipinski definition) is 3. The fourth-order valence-corrected chi connectivity index (χ4v) is 7.48. The van der Waals surface area contributed by atoms with E-state index >= 15 is 0 Å². The van der Waals surface area contributed by atoms with E-state index in [1.807, 2.05) is 24.3 Å². The zero-order chi connectivity index (χ0) is 27.8. The topological polar surface area (TPSA) is 65.7 Å². The van der Waals surface area contributed by atoms with Crippen LogP contribution in [0.3, 0.4) is 0 Å². The van der Waals surface area contributed by atoms with Crippen LogP contribution in [0.25, 0.3) is 0 Å². The normalized spacial score (nSPS) is 12.9. The minimum absolute atomic E-state index is 0.0342. The van der Waals surface area contributed by atoms with Crippen molar-refractivity contribution in [1.29, 1.82) is 0 Å². The summed E-state index contributed by atoms with van der Waals surface area (Å²) in [5.41, 5.74) is 13.1. The Morgan fingerprint density at radius 1 is 0.564 bits per heavy atom. The number of benzene rings is 2. The molecule has 5 aromatic rings. The molecule has 3 heterocycles. The fraction of sp³-hybridized carbons (Fsp3) is 0.235. The van der Waals surface area contributed by atoms with E-state index in [0.717, 1.165) is 24.0 Å². The summed E-state index contributed by atoms with van der Waals surface area (Å²) >= 11 is 1.79. The Morgan fingerprint density at radius 2 is 0.923 bits per heavy atom. The Kier molecular flexibility index (Phi) is 7.28. The zero-order valence-electron chi connectivity index (χ0n) is 23.3. The first kappa shape index (κ1) is 26.6. The Hall–Kier alpha value is -3.96. The highest BCUT2D eigenvalue weighted by molar-refractivity contribution is 7.12. The van der Waals surface area contributed by atoms with Crippen molar-refractivity contribution in [3.05, 3.63) is 138 Å². The third kappa shape index (κ3) is 5.07. The molecule has 2 aromatic carbocycles. The number of aromatic amines is 2. The quantitative estimate of drug-likeness (QED) is 0.197. The maximum absolute atomic E-state index is 11.6. The monoisotopic (exact) mass is 534 g/mol. The third-order valence-corrected chi connectivity index (χ3v) is 8.82. The predicted octanol–water partition coefficient (Wildman–Crippen LogP) is 8.24. The van der Waals surface area contributed by atoms with Gasteiger partial charge in [0.25, 0.3) is 0 Å². The lowest BCUT2D eigenvalue weighted by atomic mass is 9.85. The van der Waals surface area contributed by atoms with Crippen LogP contribution < -0.4 is 0 Å². The van der Waals surface area contributed by atoms with Crippen molar-refractivity contribution in [3.63, 3.8) is 0 Å². The molecule has 198 valence electrons. The van der Waals surface area contributed by atoms with Crippen molar-refractivity contribution in [2.75, 3.05) is 0 Å². The number of carbonyl (C=O) groups is 2. The average molecular weight is 535 g/mol. The van der Waals surface area contributed by atoms with Gasteiger partial charge in [0, 0.05) is 21.1 Å². The van der Waals surface area contributed by atoms with Crippen LogP contribution in [0, 0.1) is 41.5 Å². The number of hydrogen-bond donors (Lipinski definition) is 2. The Labute approximate surface area is 234 Å². The van der Waals surface area contributed by atoms with Gasteiger partial charge in [-0.05, 0) is 111 Å². The Bertz CT molecular complexity index is 1510. The molecule has 3 aromatic heterocycles. The van der Waals surface area contributed by atoms with Crippen molar-refractivity contribution >= 4 is 23.9 Å². The third-order valence-electron chi connectivity index (χ3n) is 7.61. The summed E-state index contributed by atoms with van der Waals surface area (Å²) in [6.45, 7) is 12.9. The van der Waals surface area contributed by atoms with E-state index in [9.17, 15) is 9.59 Å². The van der Waals surface area contributed by atoms with Gasteiger partial charge in [-0.15, -0.1) is 11.3 Å². The van der Waals surface area contributed by atoms with Crippen LogP contribution in [0.2, 0.25) is 0 Å². The maximum atomic E-state index is 11.6. The highest BCUT2D eigenvalue weighted by atomic mass is 32.1. The zero-order valence-corrected chi connectivity index (χ0v) is 24.1. The molecular formula is C34H34N2O2S. The summed E-state index contributed by atoms with van der Waals surface area (Å²) in [7, 11) is 0. The van der Waals surface area contributed by atoms with Gasteiger partial charge in [-0.25, -0.2) is 0 Å². The molecule has 0 radical (unpaired) electrons. The van der Waals surface area contributed by atoms with Gasteiger partial charge in [-0.1, -0.05) is 35.4 Å². The van der Waals surface area contributed by atoms with Gasteiger partial charge < -0.3 is 9.97 Å². The second-order valence-electron chi connectivity index (χ2n) is 10.7. The lowest BCUT2D eigenvalue weighted by molar-refractivity contribution is 0.111. The second kappa shape index (κ2) is 10.7. The van der Waals surface area contributed by atoms with Gasteiger partial charge in [0.05, 0.1) is 23.2 Å². The number of aryl methyl sites for hydroxylation is 6. The van der Waals surface area contributed by atoms with Crippen LogP contribution in [0.1, 0.15) is 98.5 Å². The summed E-state index contributed by atoms with van der Waals surface area (Å²) < 4.78 is 0. The van der Waals surface area contributed by atoms with E-state index in [0.29, 0.717) is 11.4 Å². The molecule has 0 spiro atoms. The van der Waals surface area contributed by atoms with Crippen molar-refractivity contribution in [1.82, 2.24) is 9.97 Å². The molecule has 2 atom stereocenters. The molecular weight excluding hydrogens is 500 g/mol. The lowest BCUT2D eigenvalue weighted by Gasteiger charge is -2.22. The van der Waals surface area contributed by atoms with E-state index in [2.05, 4.69) is 87.9 Å². The number of nitrogens with one attached hydrogen (secondary N) is 2. The largest absolute Gasteiger partial charge is 0.355 e. The van der Waals surface area contributed by atoms with Crippen LogP contribution in [0.5, 0.6) is 0 Å². The summed E-state index contributed by atoms with van der Waals surface area (Å²) in [4.78, 5) is 32.2. The summed E-state index contributed by atoms with van der Waals surface area (Å²) in [6.07, 6.45) is 1.73. The number of aldehydes is 2. The first-order valence-corrected chi connectivity index (χ1v) is 14.0. The molecule has 39 heavy (non-hydrogen) atoms. The molecule has 0 bridgehead atoms. The summed E-state index contributed by atoms with van der Waals surface area (Å²) in [5.74, 6) is -0.0684. The van der Waals surface area contributed by atoms with Gasteiger partial charge in [-0.3, -0.25) is 9.59 Å². The SMILES string of the molecule is Cc1cc(C)c(C(c2ccc(C=O)[nH]2)c2ccc(C(c3ccc(C=O)[nH]3)c3c(C)cc(C)cc3C)s2)c(C)c1. The number of carbonyl (C=O) groups excluding carboxylic acids is 2. The molecule has 0 fully saturated rings. The first-order valence-electron chi connectivity index (χ1n) is 13.2. The molecule has 5 rings (SSSR count). The van der Waals surface area contributed by atoms with Crippen molar-refractivity contribution in [2.45, 2.75) is 53.4 Å². The molecule has 2 unspecified atom stereocenters. The first-order chi connectivity index (χ1) is 18.7. The van der Waals surface area contributed by atoms with E-state index in [1.54, 1.807) is 11.3 Å². The summed E-state index contributed by atoms with van der Waals surface area (Å²) in [5, 5.41) is 0. The van der Waals surface area contributed by atoms with Gasteiger partial charge in [0.2, 0.25) is 0 Å². The Morgan fingerprint density at radius 3 is 1.23 bits per heavy atom. The van der Waals surface area contributed by atoms with E-state index in [4.69, 9.17) is 0 Å². The van der Waals surface area contributed by atoms with Crippen LogP contribution in [0.15, 0.2) is 60.7 Å². The van der Waals surface area contributed by atoms with Crippen LogP contribution in [-0.2, 0) is 0 Å². The van der Waals surface area contributed by atoms with Crippen LogP contribution >= 0.6 is 11.3 Å².